The molecule has 0 amide bonds. The zero-order valence-electron chi connectivity index (χ0n) is 9.81. The lowest BCUT2D eigenvalue weighted by Gasteiger charge is -2.09. The van der Waals surface area contributed by atoms with E-state index in [1.165, 1.54) is 12.1 Å². The van der Waals surface area contributed by atoms with E-state index in [9.17, 15) is 12.8 Å². The zero-order chi connectivity index (χ0) is 13.9. The van der Waals surface area contributed by atoms with Crippen LogP contribution in [0.15, 0.2) is 48.5 Å². The molecule has 2 rings (SSSR count). The number of sulfonamides is 1. The van der Waals surface area contributed by atoms with Crippen molar-refractivity contribution in [3.63, 3.8) is 0 Å². The van der Waals surface area contributed by atoms with Gasteiger partial charge in [-0.3, -0.25) is 4.72 Å². The van der Waals surface area contributed by atoms with Crippen LogP contribution in [0.2, 0.25) is 5.02 Å². The number of anilines is 1. The first-order chi connectivity index (χ1) is 8.96. The Morgan fingerprint density at radius 1 is 1.11 bits per heavy atom. The fraction of sp³-hybridized carbons (Fsp3) is 0.0769. The summed E-state index contributed by atoms with van der Waals surface area (Å²) in [7, 11) is -3.66. The number of benzene rings is 2. The van der Waals surface area contributed by atoms with Crippen molar-refractivity contribution < 1.29 is 12.8 Å². The summed E-state index contributed by atoms with van der Waals surface area (Å²) in [5, 5.41) is 0.212. The molecule has 0 heterocycles. The van der Waals surface area contributed by atoms with Crippen LogP contribution in [0.25, 0.3) is 0 Å². The van der Waals surface area contributed by atoms with Crippen molar-refractivity contribution in [2.75, 3.05) is 4.72 Å². The van der Waals surface area contributed by atoms with Gasteiger partial charge in [-0.05, 0) is 23.8 Å². The number of hydrogen-bond acceptors (Lipinski definition) is 2. The second kappa shape index (κ2) is 5.59. The van der Waals surface area contributed by atoms with Gasteiger partial charge >= 0.3 is 0 Å². The van der Waals surface area contributed by atoms with E-state index in [0.717, 1.165) is 6.07 Å². The molecule has 0 spiro atoms. The monoisotopic (exact) mass is 299 g/mol. The molecule has 0 aliphatic carbocycles. The Balaban J connectivity index is 2.17. The van der Waals surface area contributed by atoms with Crippen LogP contribution in [0, 0.1) is 5.82 Å². The molecule has 0 saturated carbocycles. The minimum absolute atomic E-state index is 0.111. The number of nitrogens with one attached hydrogen (secondary N) is 1. The molecule has 0 saturated heterocycles. The maximum atomic E-state index is 13.5. The minimum atomic E-state index is -3.66. The van der Waals surface area contributed by atoms with Crippen molar-refractivity contribution in [1.82, 2.24) is 0 Å². The fourth-order valence-corrected chi connectivity index (χ4v) is 2.93. The van der Waals surface area contributed by atoms with Crippen molar-refractivity contribution in [2.24, 2.45) is 0 Å². The number of hydrogen-bond donors (Lipinski definition) is 1. The largest absolute Gasteiger partial charge is 0.280 e. The van der Waals surface area contributed by atoms with Crippen molar-refractivity contribution in [1.29, 1.82) is 0 Å². The van der Waals surface area contributed by atoms with Gasteiger partial charge in [-0.1, -0.05) is 41.9 Å². The van der Waals surface area contributed by atoms with Gasteiger partial charge < -0.3 is 0 Å². The molecule has 0 unspecified atom stereocenters. The lowest BCUT2D eigenvalue weighted by Crippen LogP contribution is -2.15. The molecule has 0 bridgehead atoms. The van der Waals surface area contributed by atoms with Gasteiger partial charge in [0.2, 0.25) is 10.0 Å². The molecule has 0 aliphatic rings. The third-order valence-electron chi connectivity index (χ3n) is 2.40. The average Bonchev–Trinajstić information content (AvgIpc) is 2.33. The topological polar surface area (TPSA) is 46.2 Å². The summed E-state index contributed by atoms with van der Waals surface area (Å²) in [6.45, 7) is 0. The highest BCUT2D eigenvalue weighted by Gasteiger charge is 2.14. The molecule has 100 valence electrons. The van der Waals surface area contributed by atoms with Crippen molar-refractivity contribution in [2.45, 2.75) is 5.75 Å². The van der Waals surface area contributed by atoms with Crippen molar-refractivity contribution >= 4 is 27.3 Å². The van der Waals surface area contributed by atoms with E-state index in [1.807, 2.05) is 0 Å². The van der Waals surface area contributed by atoms with Crippen LogP contribution in [0.1, 0.15) is 5.56 Å². The molecular formula is C13H11ClFNO2S. The van der Waals surface area contributed by atoms with E-state index in [2.05, 4.69) is 4.72 Å². The third kappa shape index (κ3) is 3.94. The second-order valence-electron chi connectivity index (χ2n) is 3.97. The van der Waals surface area contributed by atoms with E-state index in [4.69, 9.17) is 11.6 Å². The van der Waals surface area contributed by atoms with Crippen LogP contribution in [0.3, 0.4) is 0 Å². The van der Waals surface area contributed by atoms with E-state index in [0.29, 0.717) is 5.56 Å². The predicted molar refractivity (Wildman–Crippen MR) is 74.1 cm³/mol. The molecule has 0 aliphatic heterocycles. The number of halogens is 2. The van der Waals surface area contributed by atoms with Crippen molar-refractivity contribution in [3.8, 4) is 0 Å². The Hall–Kier alpha value is -1.59. The van der Waals surface area contributed by atoms with E-state index in [-0.39, 0.29) is 16.5 Å². The summed E-state index contributed by atoms with van der Waals surface area (Å²) in [5.41, 5.74) is 0.518. The van der Waals surface area contributed by atoms with Gasteiger partial charge in [0.1, 0.15) is 5.82 Å². The minimum Gasteiger partial charge on any atom is -0.280 e. The smallest absolute Gasteiger partial charge is 0.237 e. The Labute approximate surface area is 116 Å². The molecule has 0 aromatic heterocycles. The summed E-state index contributed by atoms with van der Waals surface area (Å²) in [6.07, 6.45) is 0. The lowest BCUT2D eigenvalue weighted by molar-refractivity contribution is 0.598. The first-order valence-corrected chi connectivity index (χ1v) is 7.49. The zero-order valence-corrected chi connectivity index (χ0v) is 11.4. The predicted octanol–water partition coefficient (Wildman–Crippen LogP) is 3.42. The third-order valence-corrected chi connectivity index (χ3v) is 3.88. The fourth-order valence-electron chi connectivity index (χ4n) is 1.57. The highest BCUT2D eigenvalue weighted by atomic mass is 35.5. The average molecular weight is 300 g/mol. The van der Waals surface area contributed by atoms with Gasteiger partial charge in [0.15, 0.2) is 0 Å². The van der Waals surface area contributed by atoms with Crippen LogP contribution < -0.4 is 4.72 Å². The van der Waals surface area contributed by atoms with Gasteiger partial charge in [0.25, 0.3) is 0 Å². The summed E-state index contributed by atoms with van der Waals surface area (Å²) in [4.78, 5) is 0. The number of rotatable bonds is 4. The molecule has 0 atom stereocenters. The first kappa shape index (κ1) is 13.8. The van der Waals surface area contributed by atoms with Gasteiger partial charge in [0, 0.05) is 5.02 Å². The van der Waals surface area contributed by atoms with Gasteiger partial charge in [0.05, 0.1) is 11.4 Å². The van der Waals surface area contributed by atoms with E-state index < -0.39 is 15.8 Å². The van der Waals surface area contributed by atoms with Crippen LogP contribution in [0.5, 0.6) is 0 Å². The van der Waals surface area contributed by atoms with Gasteiger partial charge in [-0.25, -0.2) is 12.8 Å². The lowest BCUT2D eigenvalue weighted by atomic mass is 10.2. The summed E-state index contributed by atoms with van der Waals surface area (Å²) < 4.78 is 39.5. The highest BCUT2D eigenvalue weighted by Crippen LogP contribution is 2.20. The molecule has 0 fully saturated rings. The van der Waals surface area contributed by atoms with E-state index >= 15 is 0 Å². The molecule has 19 heavy (non-hydrogen) atoms. The first-order valence-electron chi connectivity index (χ1n) is 5.46. The Bertz CT molecular complexity index is 674. The van der Waals surface area contributed by atoms with Crippen LogP contribution >= 0.6 is 11.6 Å². The summed E-state index contributed by atoms with van der Waals surface area (Å²) >= 11 is 5.60. The standard InChI is InChI=1S/C13H11ClFNO2S/c14-11-6-7-13(12(15)8-11)16-19(17,18)9-10-4-2-1-3-5-10/h1-8,16H,9H2. The molecule has 0 radical (unpaired) electrons. The van der Waals surface area contributed by atoms with Crippen LogP contribution in [-0.4, -0.2) is 8.42 Å². The molecule has 2 aromatic rings. The van der Waals surface area contributed by atoms with E-state index in [1.54, 1.807) is 30.3 Å². The van der Waals surface area contributed by atoms with Gasteiger partial charge in [-0.15, -0.1) is 0 Å². The summed E-state index contributed by atoms with van der Waals surface area (Å²) in [6, 6.07) is 12.4. The Morgan fingerprint density at radius 3 is 2.42 bits per heavy atom. The molecule has 6 heteroatoms. The molecule has 3 nitrogen and oxygen atoms in total. The van der Waals surface area contributed by atoms with Crippen LogP contribution in [-0.2, 0) is 15.8 Å². The maximum absolute atomic E-state index is 13.5. The van der Waals surface area contributed by atoms with Crippen LogP contribution in [0.4, 0.5) is 10.1 Å². The Kier molecular flexibility index (Phi) is 4.07. The Morgan fingerprint density at radius 2 is 1.79 bits per heavy atom. The second-order valence-corrected chi connectivity index (χ2v) is 6.13. The molecular weight excluding hydrogens is 289 g/mol. The molecule has 1 N–H and O–H groups in total. The summed E-state index contributed by atoms with van der Waals surface area (Å²) in [5.74, 6) is -0.917. The molecule has 2 aromatic carbocycles. The maximum Gasteiger partial charge on any atom is 0.237 e. The SMILES string of the molecule is O=S(=O)(Cc1ccccc1)Nc1ccc(Cl)cc1F. The highest BCUT2D eigenvalue weighted by molar-refractivity contribution is 7.91. The normalized spacial score (nSPS) is 11.3. The van der Waals surface area contributed by atoms with Crippen molar-refractivity contribution in [3.05, 3.63) is 64.9 Å². The quantitative estimate of drug-likeness (QED) is 0.940. The van der Waals surface area contributed by atoms with Gasteiger partial charge in [-0.2, -0.15) is 0 Å².